The lowest BCUT2D eigenvalue weighted by Crippen LogP contribution is -2.41. The number of aryl methyl sites for hydroxylation is 2. The van der Waals surface area contributed by atoms with Crippen molar-refractivity contribution in [1.82, 2.24) is 0 Å². The maximum absolute atomic E-state index is 11.8. The Hall–Kier alpha value is -0.735. The number of rotatable bonds is 50. The number of phosphoric ester groups is 2. The van der Waals surface area contributed by atoms with Crippen molar-refractivity contribution < 1.29 is 73.9 Å². The van der Waals surface area contributed by atoms with Gasteiger partial charge in [0, 0.05) is 3.57 Å². The molecule has 2 atom stereocenters. The van der Waals surface area contributed by atoms with E-state index in [1.807, 2.05) is 97.7 Å². The molecule has 0 saturated carbocycles. The van der Waals surface area contributed by atoms with Gasteiger partial charge in [-0.2, -0.15) is 0 Å². The van der Waals surface area contributed by atoms with Crippen LogP contribution in [0.4, 0.5) is 0 Å². The van der Waals surface area contributed by atoms with Gasteiger partial charge in [0.05, 0.1) is 89.1 Å². The zero-order chi connectivity index (χ0) is 73.1. The van der Waals surface area contributed by atoms with Crippen LogP contribution < -0.4 is 15.2 Å². The molecule has 0 aliphatic carbocycles. The van der Waals surface area contributed by atoms with Crippen LogP contribution in [0.15, 0.2) is 48.5 Å². The summed E-state index contributed by atoms with van der Waals surface area (Å²) in [6, 6.07) is 17.8. The normalized spacial score (nSPS) is 18.8. The predicted octanol–water partition coefficient (Wildman–Crippen LogP) is 18.5. The average Bonchev–Trinajstić information content (AvgIpc) is 1.61. The Morgan fingerprint density at radius 2 is 0.551 bits per heavy atom. The summed E-state index contributed by atoms with van der Waals surface area (Å²) in [6.07, 6.45) is 43.1. The Labute approximate surface area is 615 Å². The fourth-order valence-corrected chi connectivity index (χ4v) is 13.4. The molecule has 3 heterocycles. The second-order valence-corrected chi connectivity index (χ2v) is 37.3. The van der Waals surface area contributed by atoms with Crippen LogP contribution in [0.3, 0.4) is 0 Å². The lowest BCUT2D eigenvalue weighted by molar-refractivity contribution is -0.870. The summed E-state index contributed by atoms with van der Waals surface area (Å²) in [7, 11) is 2.46. The minimum atomic E-state index is -4.16. The van der Waals surface area contributed by atoms with Crippen molar-refractivity contribution in [3.63, 3.8) is 0 Å². The van der Waals surface area contributed by atoms with Gasteiger partial charge in [0.25, 0.3) is 15.6 Å². The molecule has 0 radical (unpaired) electrons. The van der Waals surface area contributed by atoms with E-state index in [0.717, 1.165) is 50.4 Å². The first-order valence-electron chi connectivity index (χ1n) is 38.5. The molecule has 2 aromatic rings. The second-order valence-electron chi connectivity index (χ2n) is 33.3. The first kappa shape index (κ1) is 91.5. The van der Waals surface area contributed by atoms with Crippen LogP contribution in [0.5, 0.6) is 0 Å². The largest absolute Gasteiger partial charge is 0.756 e. The lowest BCUT2D eigenvalue weighted by Gasteiger charge is -2.32. The first-order valence-corrected chi connectivity index (χ1v) is 42.5. The van der Waals surface area contributed by atoms with E-state index >= 15 is 0 Å². The van der Waals surface area contributed by atoms with Crippen LogP contribution in [0.2, 0.25) is 0 Å². The Morgan fingerprint density at radius 1 is 0.337 bits per heavy atom. The lowest BCUT2D eigenvalue weighted by atomic mass is 9.49. The molecule has 5 rings (SSSR count). The number of unbranched alkanes of at least 4 members (excludes halogenated alkanes) is 30. The molecular weight excluding hydrogens is 1390 g/mol. The van der Waals surface area contributed by atoms with Gasteiger partial charge in [0.15, 0.2) is 0 Å². The molecule has 0 N–H and O–H groups in total. The summed E-state index contributed by atoms with van der Waals surface area (Å²) < 4.78 is 82.1. The molecule has 22 heteroatoms. The van der Waals surface area contributed by atoms with Crippen LogP contribution in [0.1, 0.15) is 300 Å². The minimum absolute atomic E-state index is 0.161. The zero-order valence-corrected chi connectivity index (χ0v) is 69.5. The van der Waals surface area contributed by atoms with E-state index in [-0.39, 0.29) is 67.2 Å². The van der Waals surface area contributed by atoms with Crippen molar-refractivity contribution in [2.45, 2.75) is 335 Å². The van der Waals surface area contributed by atoms with E-state index in [2.05, 4.69) is 98.8 Å². The standard InChI is InChI=1S/C35H65BNO6P.C29H53INO4P.C12H24B2O4/c1-34(2)35(3,4)43-36(42-34)33-27-25-32(26-28-33)24-22-20-18-16-14-12-10-8-9-11-13-15-17-19-21-23-30-40-44(38,39)41-31-29-37(5,6)7;1-31(2,3)25-27-35-36(32,33)34-26-19-17-15-13-11-9-7-5-4-6-8-10-12-14-16-18-20-28-21-23-29(30)24-22-28;1-9(2)10(3,4)16-13(15-9)14-17-11(5,6)12(7,8)18-14/h25-28H,8-24,29-31H2,1-7H3;21-24H,4-20,25-27H2,1-3H3;1-8H3. The highest BCUT2D eigenvalue weighted by Crippen LogP contribution is 2.44. The van der Waals surface area contributed by atoms with Crippen molar-refractivity contribution in [1.29, 1.82) is 0 Å². The molecular formula is C76H142B3IN2O14P2. The van der Waals surface area contributed by atoms with Gasteiger partial charge in [0.2, 0.25) is 0 Å². The number of quaternary nitrogens is 2. The van der Waals surface area contributed by atoms with Gasteiger partial charge in [-0.15, -0.1) is 0 Å². The second kappa shape index (κ2) is 45.7. The zero-order valence-electron chi connectivity index (χ0n) is 65.5. The van der Waals surface area contributed by atoms with Gasteiger partial charge in [-0.3, -0.25) is 9.13 Å². The van der Waals surface area contributed by atoms with Crippen LogP contribution in [0.25, 0.3) is 0 Å². The van der Waals surface area contributed by atoms with Crippen molar-refractivity contribution in [3.8, 4) is 0 Å². The highest BCUT2D eigenvalue weighted by Gasteiger charge is 2.64. The molecule has 0 bridgehead atoms. The van der Waals surface area contributed by atoms with Gasteiger partial charge in [-0.1, -0.05) is 216 Å². The van der Waals surface area contributed by atoms with E-state index in [9.17, 15) is 18.9 Å². The number of hydrogen-bond acceptors (Lipinski definition) is 14. The van der Waals surface area contributed by atoms with Crippen molar-refractivity contribution in [2.24, 2.45) is 0 Å². The number of halogens is 1. The van der Waals surface area contributed by atoms with Crippen LogP contribution >= 0.6 is 38.2 Å². The molecule has 3 aliphatic rings. The summed E-state index contributed by atoms with van der Waals surface area (Å²) in [5.41, 5.74) is 1.96. The topological polar surface area (TPSA) is 173 Å². The molecule has 16 nitrogen and oxygen atoms in total. The van der Waals surface area contributed by atoms with Crippen LogP contribution in [-0.4, -0.2) is 146 Å². The van der Waals surface area contributed by atoms with Gasteiger partial charge in [-0.05, 0) is 173 Å². The minimum Gasteiger partial charge on any atom is -0.756 e. The molecule has 2 unspecified atom stereocenters. The molecule has 0 spiro atoms. The van der Waals surface area contributed by atoms with Crippen molar-refractivity contribution >= 4 is 64.8 Å². The van der Waals surface area contributed by atoms with Crippen molar-refractivity contribution in [2.75, 3.05) is 81.8 Å². The van der Waals surface area contributed by atoms with E-state index in [1.54, 1.807) is 0 Å². The molecule has 3 fully saturated rings. The summed E-state index contributed by atoms with van der Waals surface area (Å²) >= 11 is 2.37. The molecule has 0 aromatic heterocycles. The van der Waals surface area contributed by atoms with Crippen LogP contribution in [-0.2, 0) is 68.0 Å². The molecule has 0 amide bonds. The highest BCUT2D eigenvalue weighted by molar-refractivity contribution is 14.1. The summed E-state index contributed by atoms with van der Waals surface area (Å²) in [4.78, 5) is 23.5. The monoisotopic (exact) mass is 1530 g/mol. The predicted molar refractivity (Wildman–Crippen MR) is 413 cm³/mol. The Balaban J connectivity index is 0.000000413. The number of phosphoric acid groups is 2. The maximum atomic E-state index is 11.8. The SMILES string of the molecule is CC1(C)OB(B2OC(C)(C)C(C)(C)O2)OC1(C)C.CC1(C)OB(c2ccc(CCCCCCCCCCCCCCCCCCOP(=O)([O-])OCC[N+](C)(C)C)cc2)OC1(C)C.C[N+](C)(C)CCOP(=O)([O-])OCCCCCCCCCCCCCCCCCCc1ccc(I)cc1. The van der Waals surface area contributed by atoms with Crippen LogP contribution in [0, 0.1) is 3.57 Å². The fourth-order valence-electron chi connectivity index (χ4n) is 11.6. The van der Waals surface area contributed by atoms with Crippen molar-refractivity contribution in [3.05, 3.63) is 63.2 Å². The summed E-state index contributed by atoms with van der Waals surface area (Å²) in [6.45, 7) is 26.6. The number of nitrogens with zero attached hydrogens (tertiary/aromatic N) is 2. The quantitative estimate of drug-likeness (QED) is 0.0201. The third-order valence-corrected chi connectivity index (χ3v) is 23.1. The number of likely N-dealkylation sites (N-methyl/N-ethyl adjacent to an activating group) is 2. The Bertz CT molecular complexity index is 2440. The van der Waals surface area contributed by atoms with E-state index in [1.165, 1.54) is 188 Å². The first-order chi connectivity index (χ1) is 45.8. The van der Waals surface area contributed by atoms with Gasteiger partial charge in [0.1, 0.15) is 26.3 Å². The summed E-state index contributed by atoms with van der Waals surface area (Å²) in [5.74, 6) is 0. The fraction of sp³-hybridized carbons (Fsp3) is 0.842. The third-order valence-electron chi connectivity index (χ3n) is 20.4. The Kier molecular flexibility index (Phi) is 42.7. The molecule has 2 aromatic carbocycles. The smallest absolute Gasteiger partial charge is 0.494 e. The molecule has 3 aliphatic heterocycles. The summed E-state index contributed by atoms with van der Waals surface area (Å²) in [5, 5.41) is 0. The average molecular weight is 1530 g/mol. The van der Waals surface area contributed by atoms with Gasteiger partial charge < -0.3 is 64.8 Å². The highest BCUT2D eigenvalue weighted by atomic mass is 127. The van der Waals surface area contributed by atoms with Gasteiger partial charge in [-0.25, -0.2) is 0 Å². The number of hydrogen-bond donors (Lipinski definition) is 0. The molecule has 3 saturated heterocycles. The van der Waals surface area contributed by atoms with Gasteiger partial charge >= 0.3 is 21.1 Å². The molecule has 98 heavy (non-hydrogen) atoms. The van der Waals surface area contributed by atoms with E-state index in [0.29, 0.717) is 22.1 Å². The third kappa shape index (κ3) is 39.6. The Morgan fingerprint density at radius 3 is 0.806 bits per heavy atom. The molecule has 566 valence electrons. The number of benzene rings is 2. The maximum Gasteiger partial charge on any atom is 0.494 e. The van der Waals surface area contributed by atoms with E-state index < -0.39 is 29.7 Å². The van der Waals surface area contributed by atoms with E-state index in [4.69, 9.17) is 46.0 Å².